The fourth-order valence-electron chi connectivity index (χ4n) is 2.30. The lowest BCUT2D eigenvalue weighted by molar-refractivity contribution is -0.210. The SMILES string of the molecule is O[C@@H]1[C@H](O)[C@H](O)CO[C@H]1n1c(Br)nc2cc(Cl)ccc21. The lowest BCUT2D eigenvalue weighted by atomic mass is 10.0. The van der Waals surface area contributed by atoms with Crippen LogP contribution in [0.15, 0.2) is 22.9 Å². The standard InChI is InChI=1S/C12H12BrClN2O4/c13-12-15-6-3-5(14)1-2-7(6)16(12)11-10(19)9(18)8(17)4-20-11/h1-3,8-11,17-19H,4H2/t8-,9-,10-,11-/m1/s1. The fourth-order valence-corrected chi connectivity index (χ4v) is 3.05. The van der Waals surface area contributed by atoms with Gasteiger partial charge in [0.05, 0.1) is 17.6 Å². The van der Waals surface area contributed by atoms with E-state index in [0.717, 1.165) is 0 Å². The summed E-state index contributed by atoms with van der Waals surface area (Å²) >= 11 is 9.22. The molecule has 1 saturated heterocycles. The normalized spacial score (nSPS) is 30.9. The van der Waals surface area contributed by atoms with Gasteiger partial charge in [0, 0.05) is 5.02 Å². The molecule has 2 aromatic rings. The Balaban J connectivity index is 2.08. The molecule has 0 radical (unpaired) electrons. The van der Waals surface area contributed by atoms with E-state index in [0.29, 0.717) is 20.8 Å². The van der Waals surface area contributed by atoms with Crippen molar-refractivity contribution in [1.29, 1.82) is 0 Å². The average molecular weight is 364 g/mol. The fraction of sp³-hybridized carbons (Fsp3) is 0.417. The lowest BCUT2D eigenvalue weighted by Gasteiger charge is -2.36. The monoisotopic (exact) mass is 362 g/mol. The van der Waals surface area contributed by atoms with Crippen molar-refractivity contribution in [2.24, 2.45) is 0 Å². The van der Waals surface area contributed by atoms with Gasteiger partial charge in [0.1, 0.15) is 18.3 Å². The molecule has 20 heavy (non-hydrogen) atoms. The van der Waals surface area contributed by atoms with E-state index in [1.165, 1.54) is 0 Å². The Morgan fingerprint density at radius 3 is 2.80 bits per heavy atom. The molecule has 3 N–H and O–H groups in total. The number of rotatable bonds is 1. The first-order chi connectivity index (χ1) is 9.49. The van der Waals surface area contributed by atoms with E-state index in [9.17, 15) is 15.3 Å². The number of imidazole rings is 1. The van der Waals surface area contributed by atoms with Crippen LogP contribution in [0.5, 0.6) is 0 Å². The molecule has 1 fully saturated rings. The summed E-state index contributed by atoms with van der Waals surface area (Å²) in [5.41, 5.74) is 1.34. The van der Waals surface area contributed by atoms with E-state index in [1.54, 1.807) is 22.8 Å². The van der Waals surface area contributed by atoms with Crippen molar-refractivity contribution in [3.63, 3.8) is 0 Å². The third kappa shape index (κ3) is 2.24. The predicted molar refractivity (Wildman–Crippen MR) is 75.5 cm³/mol. The smallest absolute Gasteiger partial charge is 0.180 e. The Morgan fingerprint density at radius 1 is 1.30 bits per heavy atom. The van der Waals surface area contributed by atoms with Gasteiger partial charge < -0.3 is 20.1 Å². The third-order valence-corrected chi connectivity index (χ3v) is 4.13. The second-order valence-corrected chi connectivity index (χ2v) is 5.80. The maximum absolute atomic E-state index is 10.1. The van der Waals surface area contributed by atoms with Crippen molar-refractivity contribution in [3.05, 3.63) is 28.0 Å². The zero-order valence-electron chi connectivity index (χ0n) is 10.1. The van der Waals surface area contributed by atoms with Gasteiger partial charge in [0.25, 0.3) is 0 Å². The number of nitrogens with zero attached hydrogens (tertiary/aromatic N) is 2. The summed E-state index contributed by atoms with van der Waals surface area (Å²) in [5, 5.41) is 29.9. The molecule has 8 heteroatoms. The molecule has 1 aromatic carbocycles. The minimum atomic E-state index is -1.27. The highest BCUT2D eigenvalue weighted by Crippen LogP contribution is 2.32. The summed E-state index contributed by atoms with van der Waals surface area (Å²) in [6.45, 7) is -0.0669. The van der Waals surface area contributed by atoms with Crippen molar-refractivity contribution in [2.75, 3.05) is 6.61 Å². The summed E-state index contributed by atoms with van der Waals surface area (Å²) in [6, 6.07) is 5.15. The van der Waals surface area contributed by atoms with Crippen molar-refractivity contribution in [3.8, 4) is 0 Å². The Kier molecular flexibility index (Phi) is 3.74. The Hall–Kier alpha value is -0.700. The van der Waals surface area contributed by atoms with Gasteiger partial charge in [-0.2, -0.15) is 0 Å². The van der Waals surface area contributed by atoms with Crippen molar-refractivity contribution in [1.82, 2.24) is 9.55 Å². The van der Waals surface area contributed by atoms with Gasteiger partial charge in [0.2, 0.25) is 0 Å². The number of fused-ring (bicyclic) bond motifs is 1. The zero-order chi connectivity index (χ0) is 14.4. The maximum atomic E-state index is 10.1. The highest BCUT2D eigenvalue weighted by atomic mass is 79.9. The molecule has 0 amide bonds. The van der Waals surface area contributed by atoms with Gasteiger partial charge in [-0.25, -0.2) is 4.98 Å². The Bertz CT molecular complexity index is 650. The van der Waals surface area contributed by atoms with Crippen LogP contribution in [0, 0.1) is 0 Å². The number of aliphatic hydroxyl groups is 3. The minimum absolute atomic E-state index is 0.0669. The van der Waals surface area contributed by atoms with Crippen LogP contribution in [-0.2, 0) is 4.74 Å². The summed E-state index contributed by atoms with van der Waals surface area (Å²) in [4.78, 5) is 4.29. The lowest BCUT2D eigenvalue weighted by Crippen LogP contribution is -2.50. The average Bonchev–Trinajstić information content (AvgIpc) is 2.72. The third-order valence-electron chi connectivity index (χ3n) is 3.34. The quantitative estimate of drug-likeness (QED) is 0.705. The van der Waals surface area contributed by atoms with Crippen LogP contribution < -0.4 is 0 Å². The molecule has 1 aliphatic heterocycles. The van der Waals surface area contributed by atoms with Gasteiger partial charge >= 0.3 is 0 Å². The number of hydrogen-bond donors (Lipinski definition) is 3. The van der Waals surface area contributed by atoms with E-state index in [4.69, 9.17) is 16.3 Å². The molecule has 108 valence electrons. The first kappa shape index (κ1) is 14.2. The summed E-state index contributed by atoms with van der Waals surface area (Å²) in [7, 11) is 0. The molecule has 6 nitrogen and oxygen atoms in total. The van der Waals surface area contributed by atoms with Gasteiger partial charge in [0.15, 0.2) is 11.0 Å². The van der Waals surface area contributed by atoms with Crippen LogP contribution in [0.4, 0.5) is 0 Å². The topological polar surface area (TPSA) is 87.7 Å². The summed E-state index contributed by atoms with van der Waals surface area (Å²) in [5.74, 6) is 0. The molecule has 0 aliphatic carbocycles. The van der Waals surface area contributed by atoms with Gasteiger partial charge in [-0.1, -0.05) is 11.6 Å². The van der Waals surface area contributed by atoms with Gasteiger partial charge in [-0.3, -0.25) is 4.57 Å². The van der Waals surface area contributed by atoms with Crippen molar-refractivity contribution in [2.45, 2.75) is 24.5 Å². The van der Waals surface area contributed by atoms with E-state index in [2.05, 4.69) is 20.9 Å². The largest absolute Gasteiger partial charge is 0.388 e. The molecular weight excluding hydrogens is 351 g/mol. The number of ether oxygens (including phenoxy) is 1. The molecule has 2 heterocycles. The second-order valence-electron chi connectivity index (χ2n) is 4.66. The van der Waals surface area contributed by atoms with Crippen LogP contribution in [-0.4, -0.2) is 49.8 Å². The first-order valence-electron chi connectivity index (χ1n) is 5.98. The van der Waals surface area contributed by atoms with E-state index in [1.807, 2.05) is 0 Å². The molecule has 0 saturated carbocycles. The molecule has 1 aromatic heterocycles. The number of aliphatic hydroxyl groups excluding tert-OH is 3. The number of benzene rings is 1. The van der Waals surface area contributed by atoms with Crippen LogP contribution in [0.25, 0.3) is 11.0 Å². The summed E-state index contributed by atoms with van der Waals surface area (Å²) < 4.78 is 7.50. The molecular formula is C12H12BrClN2O4. The van der Waals surface area contributed by atoms with Crippen molar-refractivity contribution >= 4 is 38.6 Å². The number of halogens is 2. The number of hydrogen-bond acceptors (Lipinski definition) is 5. The zero-order valence-corrected chi connectivity index (χ0v) is 12.5. The highest BCUT2D eigenvalue weighted by Gasteiger charge is 2.39. The Labute approximate surface area is 127 Å². The van der Waals surface area contributed by atoms with Crippen LogP contribution >= 0.6 is 27.5 Å². The van der Waals surface area contributed by atoms with Gasteiger partial charge in [-0.05, 0) is 34.1 Å². The van der Waals surface area contributed by atoms with Gasteiger partial charge in [-0.15, -0.1) is 0 Å². The molecule has 0 bridgehead atoms. The van der Waals surface area contributed by atoms with Crippen LogP contribution in [0.2, 0.25) is 5.02 Å². The summed E-state index contributed by atoms with van der Waals surface area (Å²) in [6.07, 6.45) is -4.48. The minimum Gasteiger partial charge on any atom is -0.388 e. The molecule has 4 atom stereocenters. The molecule has 1 aliphatic rings. The first-order valence-corrected chi connectivity index (χ1v) is 7.15. The highest BCUT2D eigenvalue weighted by molar-refractivity contribution is 9.10. The van der Waals surface area contributed by atoms with E-state index >= 15 is 0 Å². The van der Waals surface area contributed by atoms with E-state index < -0.39 is 24.5 Å². The van der Waals surface area contributed by atoms with Crippen LogP contribution in [0.3, 0.4) is 0 Å². The van der Waals surface area contributed by atoms with E-state index in [-0.39, 0.29) is 6.61 Å². The van der Waals surface area contributed by atoms with Crippen molar-refractivity contribution < 1.29 is 20.1 Å². The molecule has 3 rings (SSSR count). The molecule has 0 unspecified atom stereocenters. The predicted octanol–water partition coefficient (Wildman–Crippen LogP) is 1.06. The van der Waals surface area contributed by atoms with Crippen LogP contribution in [0.1, 0.15) is 6.23 Å². The number of aromatic nitrogens is 2. The second kappa shape index (κ2) is 5.25. The molecule has 0 spiro atoms. The Morgan fingerprint density at radius 2 is 2.05 bits per heavy atom. The maximum Gasteiger partial charge on any atom is 0.180 e.